The van der Waals surface area contributed by atoms with Crippen LogP contribution in [0.3, 0.4) is 0 Å². The maximum absolute atomic E-state index is 12.6. The smallest absolute Gasteiger partial charge is 0.323 e. The van der Waals surface area contributed by atoms with Gasteiger partial charge in [-0.05, 0) is 48.5 Å². The second kappa shape index (κ2) is 8.06. The maximum Gasteiger partial charge on any atom is 0.323 e. The molecular formula is C18H15ClO5S. The summed E-state index contributed by atoms with van der Waals surface area (Å²) in [5, 5.41) is 8.22. The minimum atomic E-state index is -4.07. The van der Waals surface area contributed by atoms with E-state index in [0.717, 1.165) is 0 Å². The average Bonchev–Trinajstić information content (AvgIpc) is 2.59. The minimum Gasteiger partial charge on any atom is -0.497 e. The summed E-state index contributed by atoms with van der Waals surface area (Å²) in [5.41, 5.74) is 0.621. The first-order valence-corrected chi connectivity index (χ1v) is 9.12. The average molecular weight is 379 g/mol. The van der Waals surface area contributed by atoms with Crippen LogP contribution < -0.4 is 4.74 Å². The molecule has 1 unspecified atom stereocenters. The fraction of sp³-hybridized carbons (Fsp3) is 0.167. The summed E-state index contributed by atoms with van der Waals surface area (Å²) < 4.78 is 30.1. The van der Waals surface area contributed by atoms with E-state index in [-0.39, 0.29) is 11.3 Å². The van der Waals surface area contributed by atoms with Crippen molar-refractivity contribution < 1.29 is 23.1 Å². The Hall–Kier alpha value is -2.49. The van der Waals surface area contributed by atoms with Crippen molar-refractivity contribution in [3.8, 4) is 17.6 Å². The molecule has 0 heterocycles. The van der Waals surface area contributed by atoms with Gasteiger partial charge in [-0.25, -0.2) is 8.42 Å². The fourth-order valence-corrected chi connectivity index (χ4v) is 3.58. The molecule has 0 saturated heterocycles. The Morgan fingerprint density at radius 3 is 2.28 bits per heavy atom. The molecule has 0 aromatic heterocycles. The number of carboxylic acid groups (broad SMARTS) is 1. The first kappa shape index (κ1) is 18.8. The van der Waals surface area contributed by atoms with Gasteiger partial charge in [0.05, 0.1) is 12.0 Å². The van der Waals surface area contributed by atoms with E-state index in [4.69, 9.17) is 16.3 Å². The van der Waals surface area contributed by atoms with E-state index in [2.05, 4.69) is 11.8 Å². The first-order chi connectivity index (χ1) is 11.8. The molecule has 0 spiro atoms. The van der Waals surface area contributed by atoms with Crippen LogP contribution in [0, 0.1) is 11.8 Å². The van der Waals surface area contributed by atoms with E-state index in [9.17, 15) is 18.3 Å². The largest absolute Gasteiger partial charge is 0.497 e. The molecule has 2 aromatic carbocycles. The number of hydrogen-bond donors (Lipinski definition) is 1. The fourth-order valence-electron chi connectivity index (χ4n) is 2.04. The molecule has 0 aliphatic carbocycles. The molecular weight excluding hydrogens is 364 g/mol. The van der Waals surface area contributed by atoms with Crippen molar-refractivity contribution in [2.45, 2.75) is 16.6 Å². The van der Waals surface area contributed by atoms with Crippen molar-refractivity contribution in [3.63, 3.8) is 0 Å². The van der Waals surface area contributed by atoms with Gasteiger partial charge in [0.1, 0.15) is 5.75 Å². The van der Waals surface area contributed by atoms with Gasteiger partial charge >= 0.3 is 5.97 Å². The number of sulfone groups is 1. The number of benzene rings is 2. The maximum atomic E-state index is 12.6. The summed E-state index contributed by atoms with van der Waals surface area (Å²) in [5.74, 6) is 4.40. The Morgan fingerprint density at radius 2 is 1.76 bits per heavy atom. The SMILES string of the molecule is COc1ccc(S(=O)(=O)C(CC#Cc2ccc(Cl)cc2)C(=O)O)cc1. The van der Waals surface area contributed by atoms with E-state index in [1.165, 1.54) is 31.4 Å². The third-order valence-corrected chi connectivity index (χ3v) is 5.70. The van der Waals surface area contributed by atoms with Crippen molar-refractivity contribution >= 4 is 27.4 Å². The second-order valence-electron chi connectivity index (χ2n) is 5.06. The molecule has 0 bridgehead atoms. The van der Waals surface area contributed by atoms with Crippen LogP contribution in [-0.4, -0.2) is 31.9 Å². The van der Waals surface area contributed by atoms with Gasteiger partial charge in [0, 0.05) is 17.0 Å². The molecule has 0 amide bonds. The van der Waals surface area contributed by atoms with Crippen LogP contribution in [-0.2, 0) is 14.6 Å². The Morgan fingerprint density at radius 1 is 1.16 bits per heavy atom. The van der Waals surface area contributed by atoms with Gasteiger partial charge in [-0.2, -0.15) is 0 Å². The van der Waals surface area contributed by atoms with E-state index in [1.54, 1.807) is 24.3 Å². The number of rotatable bonds is 5. The molecule has 7 heteroatoms. The lowest BCUT2D eigenvalue weighted by atomic mass is 10.2. The third-order valence-electron chi connectivity index (χ3n) is 3.40. The normalized spacial score (nSPS) is 11.9. The van der Waals surface area contributed by atoms with Crippen LogP contribution in [0.4, 0.5) is 0 Å². The molecule has 0 saturated carbocycles. The van der Waals surface area contributed by atoms with Crippen molar-refractivity contribution in [1.29, 1.82) is 0 Å². The van der Waals surface area contributed by atoms with Gasteiger partial charge in [-0.15, -0.1) is 0 Å². The van der Waals surface area contributed by atoms with Crippen molar-refractivity contribution in [3.05, 3.63) is 59.1 Å². The van der Waals surface area contributed by atoms with E-state index in [0.29, 0.717) is 16.3 Å². The zero-order valence-corrected chi connectivity index (χ0v) is 14.8. The molecule has 0 radical (unpaired) electrons. The van der Waals surface area contributed by atoms with E-state index >= 15 is 0 Å². The summed E-state index contributed by atoms with van der Waals surface area (Å²) >= 11 is 5.77. The summed E-state index contributed by atoms with van der Waals surface area (Å²) in [6, 6.07) is 12.2. The monoisotopic (exact) mass is 378 g/mol. The van der Waals surface area contributed by atoms with Crippen molar-refractivity contribution in [1.82, 2.24) is 0 Å². The zero-order valence-electron chi connectivity index (χ0n) is 13.3. The Bertz CT molecular complexity index is 907. The van der Waals surface area contributed by atoms with E-state index in [1.807, 2.05) is 0 Å². The van der Waals surface area contributed by atoms with Gasteiger partial charge < -0.3 is 9.84 Å². The molecule has 2 rings (SSSR count). The molecule has 0 aliphatic heterocycles. The van der Waals surface area contributed by atoms with E-state index < -0.39 is 21.1 Å². The highest BCUT2D eigenvalue weighted by atomic mass is 35.5. The predicted molar refractivity (Wildman–Crippen MR) is 94.6 cm³/mol. The topological polar surface area (TPSA) is 80.7 Å². The Balaban J connectivity index is 2.24. The van der Waals surface area contributed by atoms with Gasteiger partial charge in [0.25, 0.3) is 0 Å². The highest BCUT2D eigenvalue weighted by Gasteiger charge is 2.33. The van der Waals surface area contributed by atoms with Crippen LogP contribution >= 0.6 is 11.6 Å². The van der Waals surface area contributed by atoms with Crippen LogP contribution in [0.25, 0.3) is 0 Å². The lowest BCUT2D eigenvalue weighted by Crippen LogP contribution is -2.29. The number of ether oxygens (including phenoxy) is 1. The number of carboxylic acids is 1. The highest BCUT2D eigenvalue weighted by Crippen LogP contribution is 2.21. The molecule has 1 N–H and O–H groups in total. The zero-order chi connectivity index (χ0) is 18.4. The second-order valence-corrected chi connectivity index (χ2v) is 7.63. The lowest BCUT2D eigenvalue weighted by Gasteiger charge is -2.11. The molecule has 2 aromatic rings. The van der Waals surface area contributed by atoms with Gasteiger partial charge in [0.15, 0.2) is 15.1 Å². The number of halogens is 1. The lowest BCUT2D eigenvalue weighted by molar-refractivity contribution is -0.136. The number of aliphatic carboxylic acids is 1. The number of carbonyl (C=O) groups is 1. The molecule has 0 aliphatic rings. The minimum absolute atomic E-state index is 0.0889. The van der Waals surface area contributed by atoms with Crippen LogP contribution in [0.15, 0.2) is 53.4 Å². The van der Waals surface area contributed by atoms with Gasteiger partial charge in [-0.3, -0.25) is 4.79 Å². The standard InChI is InChI=1S/C18H15ClO5S/c1-24-15-9-11-16(12-10-15)25(22,23)17(18(20)21)4-2-3-13-5-7-14(19)8-6-13/h5-12,17H,4H2,1H3,(H,20,21). The molecule has 0 fully saturated rings. The summed E-state index contributed by atoms with van der Waals surface area (Å²) in [7, 11) is -2.61. The molecule has 1 atom stereocenters. The predicted octanol–water partition coefficient (Wildman–Crippen LogP) is 3.02. The first-order valence-electron chi connectivity index (χ1n) is 7.20. The van der Waals surface area contributed by atoms with Gasteiger partial charge in [-0.1, -0.05) is 23.4 Å². The van der Waals surface area contributed by atoms with Crippen LogP contribution in [0.1, 0.15) is 12.0 Å². The van der Waals surface area contributed by atoms with Crippen LogP contribution in [0.2, 0.25) is 5.02 Å². The number of methoxy groups -OCH3 is 1. The summed E-state index contributed by atoms with van der Waals surface area (Å²) in [6.45, 7) is 0. The quantitative estimate of drug-likeness (QED) is 0.809. The summed E-state index contributed by atoms with van der Waals surface area (Å²) in [6.07, 6.45) is -0.327. The molecule has 25 heavy (non-hydrogen) atoms. The Labute approximate surface area is 151 Å². The highest BCUT2D eigenvalue weighted by molar-refractivity contribution is 7.92. The Kier molecular flexibility index (Phi) is 6.07. The summed E-state index contributed by atoms with van der Waals surface area (Å²) in [4.78, 5) is 11.4. The molecule has 130 valence electrons. The number of hydrogen-bond acceptors (Lipinski definition) is 4. The van der Waals surface area contributed by atoms with Gasteiger partial charge in [0.2, 0.25) is 0 Å². The molecule has 5 nitrogen and oxygen atoms in total. The van der Waals surface area contributed by atoms with Crippen molar-refractivity contribution in [2.75, 3.05) is 7.11 Å². The van der Waals surface area contributed by atoms with Crippen molar-refractivity contribution in [2.24, 2.45) is 0 Å². The van der Waals surface area contributed by atoms with Crippen LogP contribution in [0.5, 0.6) is 5.75 Å². The third kappa shape index (κ3) is 4.75.